The van der Waals surface area contributed by atoms with Crippen LogP contribution in [0.3, 0.4) is 0 Å². The van der Waals surface area contributed by atoms with Crippen LogP contribution in [0.4, 0.5) is 0 Å². The highest BCUT2D eigenvalue weighted by molar-refractivity contribution is 6.02. The van der Waals surface area contributed by atoms with Crippen molar-refractivity contribution in [2.24, 2.45) is 0 Å². The Balaban J connectivity index is 1.65. The van der Waals surface area contributed by atoms with E-state index >= 15 is 0 Å². The molecule has 2 aliphatic rings. The number of rotatable bonds is 4. The van der Waals surface area contributed by atoms with Gasteiger partial charge in [0.1, 0.15) is 17.6 Å². The number of carbonyl (C=O) groups excluding carboxylic acids is 1. The summed E-state index contributed by atoms with van der Waals surface area (Å²) in [5.41, 5.74) is 2.33. The van der Waals surface area contributed by atoms with Crippen LogP contribution in [0.5, 0.6) is 11.5 Å². The summed E-state index contributed by atoms with van der Waals surface area (Å²) in [5, 5.41) is 29.9. The minimum Gasteiger partial charge on any atom is -0.508 e. The largest absolute Gasteiger partial charge is 0.508 e. The number of hydrogen-bond donors (Lipinski definition) is 3. The molecule has 0 saturated carbocycles. The fraction of sp³-hybridized carbons (Fsp3) is 0.318. The molecule has 146 valence electrons. The van der Waals surface area contributed by atoms with Crippen molar-refractivity contribution >= 4 is 11.5 Å². The molecule has 6 nitrogen and oxygen atoms in total. The molecule has 0 aliphatic carbocycles. The summed E-state index contributed by atoms with van der Waals surface area (Å²) in [6, 6.07) is 11.9. The summed E-state index contributed by atoms with van der Waals surface area (Å²) in [6.07, 6.45) is -0.761. The quantitative estimate of drug-likeness (QED) is 0.703. The maximum atomic E-state index is 12.3. The molecule has 0 fully saturated rings. The third kappa shape index (κ3) is 3.37. The number of aliphatic hydroxyl groups is 2. The minimum absolute atomic E-state index is 0.102. The summed E-state index contributed by atoms with van der Waals surface area (Å²) in [5.74, 6) is 0.282. The van der Waals surface area contributed by atoms with E-state index in [0.717, 1.165) is 16.9 Å². The number of fused-ring (bicyclic) bond motifs is 1. The van der Waals surface area contributed by atoms with E-state index in [1.54, 1.807) is 26.0 Å². The van der Waals surface area contributed by atoms with E-state index in [1.807, 2.05) is 18.2 Å². The summed E-state index contributed by atoms with van der Waals surface area (Å²) >= 11 is 0. The van der Waals surface area contributed by atoms with Crippen molar-refractivity contribution < 1.29 is 29.6 Å². The van der Waals surface area contributed by atoms with E-state index in [0.29, 0.717) is 29.6 Å². The maximum Gasteiger partial charge on any atom is 0.337 e. The van der Waals surface area contributed by atoms with Crippen molar-refractivity contribution in [3.8, 4) is 11.5 Å². The number of ether oxygens (including phenoxy) is 2. The van der Waals surface area contributed by atoms with Crippen molar-refractivity contribution in [3.63, 3.8) is 0 Å². The van der Waals surface area contributed by atoms with Crippen LogP contribution < -0.4 is 4.74 Å². The van der Waals surface area contributed by atoms with Gasteiger partial charge in [-0.15, -0.1) is 0 Å². The van der Waals surface area contributed by atoms with E-state index in [9.17, 15) is 20.1 Å². The molecule has 4 rings (SSSR count). The van der Waals surface area contributed by atoms with Gasteiger partial charge in [-0.1, -0.05) is 24.3 Å². The Morgan fingerprint density at radius 1 is 1.11 bits per heavy atom. The number of phenols is 1. The van der Waals surface area contributed by atoms with Gasteiger partial charge in [-0.2, -0.15) is 0 Å². The number of aromatic hydroxyl groups is 1. The van der Waals surface area contributed by atoms with Gasteiger partial charge in [0, 0.05) is 18.4 Å². The average molecular weight is 382 g/mol. The van der Waals surface area contributed by atoms with Crippen molar-refractivity contribution in [2.75, 3.05) is 0 Å². The Labute approximate surface area is 162 Å². The zero-order chi connectivity index (χ0) is 20.1. The molecule has 3 N–H and O–H groups in total. The highest BCUT2D eigenvalue weighted by Crippen LogP contribution is 2.36. The lowest BCUT2D eigenvalue weighted by Crippen LogP contribution is -2.39. The van der Waals surface area contributed by atoms with E-state index in [4.69, 9.17) is 9.47 Å². The molecular weight excluding hydrogens is 360 g/mol. The van der Waals surface area contributed by atoms with E-state index in [1.165, 1.54) is 12.1 Å². The maximum absolute atomic E-state index is 12.3. The van der Waals surface area contributed by atoms with Crippen LogP contribution in [0.2, 0.25) is 0 Å². The van der Waals surface area contributed by atoms with Gasteiger partial charge < -0.3 is 24.8 Å². The van der Waals surface area contributed by atoms with Gasteiger partial charge >= 0.3 is 5.97 Å². The molecule has 2 aliphatic heterocycles. The molecular formula is C22H22O6. The van der Waals surface area contributed by atoms with Crippen molar-refractivity contribution in [1.82, 2.24) is 0 Å². The predicted octanol–water partition coefficient (Wildman–Crippen LogP) is 2.34. The number of esters is 1. The minimum atomic E-state index is -1.33. The molecule has 2 atom stereocenters. The molecule has 0 bridgehead atoms. The number of cyclic esters (lactones) is 1. The second kappa shape index (κ2) is 6.65. The Morgan fingerprint density at radius 3 is 2.50 bits per heavy atom. The van der Waals surface area contributed by atoms with Gasteiger partial charge in [0.25, 0.3) is 0 Å². The fourth-order valence-electron chi connectivity index (χ4n) is 3.63. The zero-order valence-corrected chi connectivity index (χ0v) is 15.7. The van der Waals surface area contributed by atoms with Crippen LogP contribution in [0, 0.1) is 0 Å². The first-order chi connectivity index (χ1) is 13.2. The first-order valence-electron chi connectivity index (χ1n) is 9.14. The lowest BCUT2D eigenvalue weighted by molar-refractivity contribution is -0.150. The summed E-state index contributed by atoms with van der Waals surface area (Å²) in [7, 11) is 0. The Morgan fingerprint density at radius 2 is 1.82 bits per heavy atom. The van der Waals surface area contributed by atoms with Crippen LogP contribution in [-0.2, 0) is 22.4 Å². The molecule has 2 heterocycles. The molecule has 0 saturated heterocycles. The number of carbonyl (C=O) groups is 1. The second-order valence-corrected chi connectivity index (χ2v) is 7.78. The number of hydrogen-bond acceptors (Lipinski definition) is 6. The smallest absolute Gasteiger partial charge is 0.337 e. The van der Waals surface area contributed by atoms with Crippen LogP contribution in [-0.4, -0.2) is 39.3 Å². The van der Waals surface area contributed by atoms with E-state index in [-0.39, 0.29) is 11.9 Å². The molecule has 28 heavy (non-hydrogen) atoms. The van der Waals surface area contributed by atoms with Crippen LogP contribution in [0.25, 0.3) is 5.57 Å². The third-order valence-electron chi connectivity index (χ3n) is 5.18. The lowest BCUT2D eigenvalue weighted by atomic mass is 9.93. The monoisotopic (exact) mass is 382 g/mol. The fourth-order valence-corrected chi connectivity index (χ4v) is 3.63. The topological polar surface area (TPSA) is 96.2 Å². The molecule has 0 amide bonds. The van der Waals surface area contributed by atoms with Crippen LogP contribution in [0.1, 0.15) is 30.5 Å². The lowest BCUT2D eigenvalue weighted by Gasteiger charge is -2.24. The standard InChI is InChI=1S/C22H22O6/c1-22(2,26)18-11-14-9-12(3-8-17(14)27-18)10-16-19(21(25)28-20(16)24)13-4-6-15(23)7-5-13/h3-9,18,21,23,25-26H,10-11H2,1-2H3/t18?,21-/m0/s1. The SMILES string of the molecule is CC(C)(O)C1Cc2cc(CC3=C(c4ccc(O)cc4)[C@@H](O)OC3=O)ccc2O1. The van der Waals surface area contributed by atoms with Gasteiger partial charge in [-0.25, -0.2) is 4.79 Å². The van der Waals surface area contributed by atoms with E-state index < -0.39 is 17.9 Å². The summed E-state index contributed by atoms with van der Waals surface area (Å²) < 4.78 is 10.8. The molecule has 6 heteroatoms. The van der Waals surface area contributed by atoms with Gasteiger partial charge in [0.2, 0.25) is 6.29 Å². The Kier molecular flexibility index (Phi) is 4.40. The number of aliphatic hydroxyl groups excluding tert-OH is 1. The van der Waals surface area contributed by atoms with Crippen LogP contribution >= 0.6 is 0 Å². The molecule has 0 radical (unpaired) electrons. The van der Waals surface area contributed by atoms with Crippen molar-refractivity contribution in [3.05, 3.63) is 64.7 Å². The first-order valence-corrected chi connectivity index (χ1v) is 9.14. The highest BCUT2D eigenvalue weighted by atomic mass is 16.6. The van der Waals surface area contributed by atoms with Gasteiger partial charge in [-0.3, -0.25) is 0 Å². The normalized spacial score (nSPS) is 21.5. The third-order valence-corrected chi connectivity index (χ3v) is 5.18. The highest BCUT2D eigenvalue weighted by Gasteiger charge is 2.36. The molecule has 2 aromatic rings. The predicted molar refractivity (Wildman–Crippen MR) is 102 cm³/mol. The summed E-state index contributed by atoms with van der Waals surface area (Å²) in [6.45, 7) is 3.43. The van der Waals surface area contributed by atoms with Gasteiger partial charge in [0.15, 0.2) is 0 Å². The molecule has 2 aromatic carbocycles. The van der Waals surface area contributed by atoms with Crippen molar-refractivity contribution in [1.29, 1.82) is 0 Å². The first kappa shape index (κ1) is 18.5. The Hall–Kier alpha value is -2.83. The van der Waals surface area contributed by atoms with Gasteiger partial charge in [-0.05, 0) is 48.7 Å². The molecule has 0 aromatic heterocycles. The van der Waals surface area contributed by atoms with Gasteiger partial charge in [0.05, 0.1) is 11.2 Å². The van der Waals surface area contributed by atoms with E-state index in [2.05, 4.69) is 0 Å². The molecule has 1 unspecified atom stereocenters. The number of phenolic OH excluding ortho intramolecular Hbond substituents is 1. The number of benzene rings is 2. The summed E-state index contributed by atoms with van der Waals surface area (Å²) in [4.78, 5) is 12.3. The second-order valence-electron chi connectivity index (χ2n) is 7.78. The Bertz CT molecular complexity index is 952. The molecule has 0 spiro atoms. The zero-order valence-electron chi connectivity index (χ0n) is 15.7. The average Bonchev–Trinajstić information content (AvgIpc) is 3.17. The van der Waals surface area contributed by atoms with Crippen LogP contribution in [0.15, 0.2) is 48.0 Å². The van der Waals surface area contributed by atoms with Crippen molar-refractivity contribution in [2.45, 2.75) is 44.7 Å².